The van der Waals surface area contributed by atoms with Gasteiger partial charge in [0.25, 0.3) is 15.9 Å². The summed E-state index contributed by atoms with van der Waals surface area (Å²) in [4.78, 5) is 13.1. The van der Waals surface area contributed by atoms with Gasteiger partial charge in [0.15, 0.2) is 0 Å². The number of rotatable bonds is 10. The molecule has 0 aliphatic heterocycles. The molecule has 0 atom stereocenters. The van der Waals surface area contributed by atoms with Gasteiger partial charge in [-0.3, -0.25) is 9.10 Å². The first kappa shape index (κ1) is 30.0. The number of carbonyl (C=O) groups excluding carboxylic acids is 1. The number of halogens is 2. The maximum absolute atomic E-state index is 13.7. The number of sulfonamides is 1. The van der Waals surface area contributed by atoms with Gasteiger partial charge in [-0.15, -0.1) is 0 Å². The largest absolute Gasteiger partial charge is 0.497 e. The maximum atomic E-state index is 13.7. The van der Waals surface area contributed by atoms with Crippen molar-refractivity contribution in [1.29, 1.82) is 0 Å². The van der Waals surface area contributed by atoms with E-state index >= 15 is 0 Å². The normalized spacial score (nSPS) is 11.5. The highest BCUT2D eigenvalue weighted by atomic mass is 35.5. The molecule has 1 amide bonds. The topological polar surface area (TPSA) is 102 Å². The number of nitrogens with one attached hydrogen (secondary N) is 1. The van der Waals surface area contributed by atoms with E-state index in [1.165, 1.54) is 38.6 Å². The predicted molar refractivity (Wildman–Crippen MR) is 162 cm³/mol. The molecule has 1 aromatic heterocycles. The molecule has 0 saturated carbocycles. The molecule has 0 aliphatic rings. The van der Waals surface area contributed by atoms with Gasteiger partial charge in [0.1, 0.15) is 18.0 Å². The van der Waals surface area contributed by atoms with Crippen LogP contribution in [-0.4, -0.2) is 45.9 Å². The zero-order valence-corrected chi connectivity index (χ0v) is 25.1. The molecule has 0 aliphatic carbocycles. The fraction of sp³-hybridized carbons (Fsp3) is 0.172. The summed E-state index contributed by atoms with van der Waals surface area (Å²) in [6.45, 7) is 3.28. The Morgan fingerprint density at radius 3 is 2.37 bits per heavy atom. The summed E-state index contributed by atoms with van der Waals surface area (Å²) in [5.41, 5.74) is 5.96. The van der Waals surface area contributed by atoms with Gasteiger partial charge >= 0.3 is 0 Å². The van der Waals surface area contributed by atoms with Crippen LogP contribution < -0.4 is 19.2 Å². The van der Waals surface area contributed by atoms with Gasteiger partial charge in [-0.25, -0.2) is 13.8 Å². The summed E-state index contributed by atoms with van der Waals surface area (Å²) < 4.78 is 40.9. The van der Waals surface area contributed by atoms with Gasteiger partial charge in [0, 0.05) is 28.7 Å². The third kappa shape index (κ3) is 6.51. The Hall–Kier alpha value is -3.99. The Bertz CT molecular complexity index is 1710. The van der Waals surface area contributed by atoms with E-state index in [1.807, 2.05) is 30.5 Å². The van der Waals surface area contributed by atoms with E-state index in [0.717, 1.165) is 26.9 Å². The van der Waals surface area contributed by atoms with Crippen LogP contribution >= 0.6 is 23.2 Å². The van der Waals surface area contributed by atoms with E-state index in [-0.39, 0.29) is 16.3 Å². The number of aryl methyl sites for hydroxylation is 1. The van der Waals surface area contributed by atoms with Crippen LogP contribution in [0.3, 0.4) is 0 Å². The number of methoxy groups -OCH3 is 2. The molecule has 12 heteroatoms. The number of carbonyl (C=O) groups is 1. The highest BCUT2D eigenvalue weighted by Gasteiger charge is 2.29. The van der Waals surface area contributed by atoms with Crippen molar-refractivity contribution < 1.29 is 22.7 Å². The summed E-state index contributed by atoms with van der Waals surface area (Å²) in [5, 5.41) is 4.99. The SMILES string of the molecule is COc1ccc(N(CC(=O)N/N=C\c2cc(C)n(-c3ccc(Cl)c(Cl)c3)c2C)S(=O)(=O)c2ccccc2)c(OC)c1. The van der Waals surface area contributed by atoms with Crippen LogP contribution in [0.2, 0.25) is 10.0 Å². The smallest absolute Gasteiger partial charge is 0.264 e. The first-order chi connectivity index (χ1) is 19.6. The van der Waals surface area contributed by atoms with Crippen LogP contribution in [0.15, 0.2) is 82.8 Å². The summed E-state index contributed by atoms with van der Waals surface area (Å²) in [7, 11) is -1.25. The molecule has 4 aromatic rings. The van der Waals surface area contributed by atoms with Crippen molar-refractivity contribution in [3.63, 3.8) is 0 Å². The maximum Gasteiger partial charge on any atom is 0.264 e. The van der Waals surface area contributed by atoms with Crippen LogP contribution in [-0.2, 0) is 14.8 Å². The molecule has 214 valence electrons. The Labute approximate surface area is 249 Å². The van der Waals surface area contributed by atoms with Gasteiger partial charge in [-0.2, -0.15) is 5.10 Å². The molecular weight excluding hydrogens is 587 g/mol. The Balaban J connectivity index is 1.60. The number of amides is 1. The van der Waals surface area contributed by atoms with Crippen molar-refractivity contribution in [2.75, 3.05) is 25.1 Å². The average Bonchev–Trinajstić information content (AvgIpc) is 3.25. The molecule has 0 fully saturated rings. The zero-order valence-electron chi connectivity index (χ0n) is 22.8. The summed E-state index contributed by atoms with van der Waals surface area (Å²) in [5.74, 6) is 0.0296. The van der Waals surface area contributed by atoms with Crippen molar-refractivity contribution in [2.45, 2.75) is 18.7 Å². The van der Waals surface area contributed by atoms with Gasteiger partial charge in [-0.05, 0) is 62.4 Å². The minimum Gasteiger partial charge on any atom is -0.497 e. The fourth-order valence-corrected chi connectivity index (χ4v) is 6.03. The second-order valence-corrected chi connectivity index (χ2v) is 11.6. The standard InChI is InChI=1S/C29H28Cl2N4O5S/c1-19-14-21(20(2)35(19)22-10-12-25(30)26(31)15-22)17-32-33-29(36)18-34(41(37,38)24-8-6-5-7-9-24)27-13-11-23(39-3)16-28(27)40-4/h5-17H,18H2,1-4H3,(H,33,36)/b32-17-. The lowest BCUT2D eigenvalue weighted by Gasteiger charge is -2.25. The molecule has 0 saturated heterocycles. The van der Waals surface area contributed by atoms with Crippen LogP contribution in [0.5, 0.6) is 11.5 Å². The van der Waals surface area contributed by atoms with Crippen LogP contribution in [0, 0.1) is 13.8 Å². The van der Waals surface area contributed by atoms with Gasteiger partial charge in [0.2, 0.25) is 0 Å². The Kier molecular flexibility index (Phi) is 9.27. The molecule has 41 heavy (non-hydrogen) atoms. The first-order valence-electron chi connectivity index (χ1n) is 12.3. The third-order valence-electron chi connectivity index (χ3n) is 6.30. The number of nitrogens with zero attached hydrogens (tertiary/aromatic N) is 3. The molecule has 0 unspecified atom stereocenters. The molecule has 1 heterocycles. The quantitative estimate of drug-likeness (QED) is 0.181. The molecule has 3 aromatic carbocycles. The molecular formula is C29H28Cl2N4O5S. The highest BCUT2D eigenvalue weighted by molar-refractivity contribution is 7.92. The van der Waals surface area contributed by atoms with E-state index in [0.29, 0.717) is 15.8 Å². The lowest BCUT2D eigenvalue weighted by Crippen LogP contribution is -2.39. The zero-order chi connectivity index (χ0) is 29.7. The van der Waals surface area contributed by atoms with Gasteiger partial charge < -0.3 is 14.0 Å². The van der Waals surface area contributed by atoms with Gasteiger partial charge in [0.05, 0.1) is 41.1 Å². The van der Waals surface area contributed by atoms with Crippen molar-refractivity contribution in [3.8, 4) is 17.2 Å². The van der Waals surface area contributed by atoms with Crippen molar-refractivity contribution in [2.24, 2.45) is 5.10 Å². The number of hydrazone groups is 1. The predicted octanol–water partition coefficient (Wildman–Crippen LogP) is 5.76. The average molecular weight is 616 g/mol. The van der Waals surface area contributed by atoms with Crippen LogP contribution in [0.1, 0.15) is 17.0 Å². The molecule has 0 radical (unpaired) electrons. The molecule has 4 rings (SSSR count). The van der Waals surface area contributed by atoms with E-state index in [1.54, 1.807) is 42.5 Å². The number of aromatic nitrogens is 1. The number of benzene rings is 3. The first-order valence-corrected chi connectivity index (χ1v) is 14.5. The van der Waals surface area contributed by atoms with E-state index in [2.05, 4.69) is 10.5 Å². The second-order valence-electron chi connectivity index (χ2n) is 8.92. The molecule has 0 spiro atoms. The number of hydrogen-bond acceptors (Lipinski definition) is 6. The monoisotopic (exact) mass is 614 g/mol. The number of ether oxygens (including phenoxy) is 2. The number of anilines is 1. The molecule has 0 bridgehead atoms. The fourth-order valence-electron chi connectivity index (χ4n) is 4.29. The summed E-state index contributed by atoms with van der Waals surface area (Å²) in [6, 6.07) is 19.7. The lowest BCUT2D eigenvalue weighted by molar-refractivity contribution is -0.119. The van der Waals surface area contributed by atoms with E-state index < -0.39 is 22.5 Å². The van der Waals surface area contributed by atoms with Crippen molar-refractivity contribution in [3.05, 3.63) is 99.8 Å². The molecule has 9 nitrogen and oxygen atoms in total. The van der Waals surface area contributed by atoms with Gasteiger partial charge in [-0.1, -0.05) is 41.4 Å². The van der Waals surface area contributed by atoms with Crippen LogP contribution in [0.4, 0.5) is 5.69 Å². The second kappa shape index (κ2) is 12.7. The van der Waals surface area contributed by atoms with Crippen molar-refractivity contribution >= 4 is 51.0 Å². The minimum atomic E-state index is -4.15. The summed E-state index contributed by atoms with van der Waals surface area (Å²) in [6.07, 6.45) is 1.50. The highest BCUT2D eigenvalue weighted by Crippen LogP contribution is 2.35. The Morgan fingerprint density at radius 1 is 0.976 bits per heavy atom. The lowest BCUT2D eigenvalue weighted by atomic mass is 10.2. The Morgan fingerprint density at radius 2 is 1.71 bits per heavy atom. The van der Waals surface area contributed by atoms with E-state index in [9.17, 15) is 13.2 Å². The molecule has 1 N–H and O–H groups in total. The van der Waals surface area contributed by atoms with Crippen molar-refractivity contribution in [1.82, 2.24) is 9.99 Å². The number of hydrogen-bond donors (Lipinski definition) is 1. The minimum absolute atomic E-state index is 0.0175. The third-order valence-corrected chi connectivity index (χ3v) is 8.81. The van der Waals surface area contributed by atoms with Crippen LogP contribution in [0.25, 0.3) is 5.69 Å². The summed E-state index contributed by atoms with van der Waals surface area (Å²) >= 11 is 12.3. The van der Waals surface area contributed by atoms with E-state index in [4.69, 9.17) is 32.7 Å².